The van der Waals surface area contributed by atoms with Gasteiger partial charge < -0.3 is 24.8 Å². The molecule has 0 unspecified atom stereocenters. The molecule has 6 rings (SSSR count). The van der Waals surface area contributed by atoms with Crippen LogP contribution in [0, 0.1) is 17.8 Å². The van der Waals surface area contributed by atoms with Gasteiger partial charge in [0.05, 0.1) is 18.9 Å². The second-order valence-electron chi connectivity index (χ2n) is 16.3. The van der Waals surface area contributed by atoms with Crippen molar-refractivity contribution in [1.29, 1.82) is 0 Å². The number of rotatable bonds is 9. The highest BCUT2D eigenvalue weighted by atomic mass is 32.2. The zero-order chi connectivity index (χ0) is 41.7. The van der Waals surface area contributed by atoms with Crippen molar-refractivity contribution >= 4 is 44.6 Å². The Morgan fingerprint density at radius 1 is 1.12 bits per heavy atom. The van der Waals surface area contributed by atoms with Crippen LogP contribution in [0.3, 0.4) is 0 Å². The highest BCUT2D eigenvalue weighted by Gasteiger charge is 2.63. The number of methoxy groups -OCH3 is 1. The number of nitrogens with one attached hydrogen (secondary N) is 2. The molecule has 18 heteroatoms. The Hall–Kier alpha value is -4.61. The number of alkyl halides is 3. The summed E-state index contributed by atoms with van der Waals surface area (Å²) in [7, 11) is -2.52. The number of carbonyl (C=O) groups is 4. The number of allylic oxidation sites excluding steroid dienone is 1. The highest BCUT2D eigenvalue weighted by molar-refractivity contribution is 7.91. The Balaban J connectivity index is 1.44. The summed E-state index contributed by atoms with van der Waals surface area (Å²) in [5.41, 5.74) is -4.73. The van der Waals surface area contributed by atoms with Gasteiger partial charge in [-0.05, 0) is 82.4 Å². The number of hydrogen-bond donors (Lipinski definition) is 3. The van der Waals surface area contributed by atoms with Gasteiger partial charge in [0.25, 0.3) is 5.91 Å². The van der Waals surface area contributed by atoms with E-state index in [-0.39, 0.29) is 48.9 Å². The quantitative estimate of drug-likeness (QED) is 0.286. The van der Waals surface area contributed by atoms with Crippen LogP contribution in [-0.4, -0.2) is 106 Å². The number of carboxylic acid groups (broad SMARTS) is 1. The van der Waals surface area contributed by atoms with Gasteiger partial charge in [0, 0.05) is 29.3 Å². The fourth-order valence-corrected chi connectivity index (χ4v) is 9.62. The van der Waals surface area contributed by atoms with E-state index in [4.69, 9.17) is 9.47 Å². The van der Waals surface area contributed by atoms with Gasteiger partial charge in [-0.1, -0.05) is 38.5 Å². The molecular formula is C39H50F3N5O9S. The lowest BCUT2D eigenvalue weighted by molar-refractivity contribution is -0.222. The number of carbonyl (C=O) groups excluding carboxylic acids is 3. The second-order valence-corrected chi connectivity index (χ2v) is 18.2. The number of halogens is 3. The van der Waals surface area contributed by atoms with Crippen LogP contribution in [0.25, 0.3) is 10.8 Å². The zero-order valence-electron chi connectivity index (χ0n) is 32.5. The van der Waals surface area contributed by atoms with Crippen molar-refractivity contribution in [3.8, 4) is 11.6 Å². The van der Waals surface area contributed by atoms with Gasteiger partial charge in [0.1, 0.15) is 35.0 Å². The lowest BCUT2D eigenvalue weighted by atomic mass is 9.82. The Kier molecular flexibility index (Phi) is 11.5. The molecule has 1 saturated heterocycles. The molecule has 2 saturated carbocycles. The molecule has 4 aliphatic rings. The predicted molar refractivity (Wildman–Crippen MR) is 202 cm³/mol. The minimum atomic E-state index is -5.09. The Labute approximate surface area is 329 Å². The molecule has 1 aromatic carbocycles. The maximum Gasteiger partial charge on any atom is 0.411 e. The van der Waals surface area contributed by atoms with E-state index in [9.17, 15) is 41.1 Å². The van der Waals surface area contributed by atoms with Crippen LogP contribution >= 0.6 is 0 Å². The van der Waals surface area contributed by atoms with Crippen LogP contribution in [0.5, 0.6) is 11.6 Å². The number of sulfonamides is 1. The van der Waals surface area contributed by atoms with E-state index in [1.807, 2.05) is 13.0 Å². The zero-order valence-corrected chi connectivity index (χ0v) is 33.4. The number of amides is 4. The van der Waals surface area contributed by atoms with Gasteiger partial charge in [-0.3, -0.25) is 24.0 Å². The molecule has 2 aliphatic heterocycles. The molecule has 14 nitrogen and oxygen atoms in total. The summed E-state index contributed by atoms with van der Waals surface area (Å²) in [6, 6.07) is 3.57. The standard InChI is InChI=1S/C39H50F3N5O9S/c1-6-23-18-22(2)10-7-8-11-24-20-38(24,35(50)45-57(53,54)26-14-15-26)44-32(48)29-19-25(56-33-28-12-9-13-30(55-5)27(28)16-17-43-33)21-46(29)34(49)31(23)47(36(51)52)37(3,4)39(40,41)42/h8-9,11-13,16-17,22-26,29,31H,6-7,10,14-15,18-21H2,1-5H3,(H,44,48)(H,45,50)(H,51,52)/t22-,23+,24+,25+,29-,31-,38+/m0/s1. The van der Waals surface area contributed by atoms with Gasteiger partial charge >= 0.3 is 12.3 Å². The summed E-state index contributed by atoms with van der Waals surface area (Å²) in [5, 5.41) is 13.7. The fraction of sp³-hybridized carbons (Fsp3) is 0.615. The molecular weight excluding hydrogens is 772 g/mol. The molecule has 7 atom stereocenters. The van der Waals surface area contributed by atoms with Crippen LogP contribution in [0.4, 0.5) is 18.0 Å². The highest BCUT2D eigenvalue weighted by Crippen LogP contribution is 2.47. The number of pyridine rings is 1. The summed E-state index contributed by atoms with van der Waals surface area (Å²) in [6.07, 6.45) is -1.03. The lowest BCUT2D eigenvalue weighted by Gasteiger charge is -2.46. The molecule has 312 valence electrons. The van der Waals surface area contributed by atoms with Crippen molar-refractivity contribution in [2.75, 3.05) is 13.7 Å². The van der Waals surface area contributed by atoms with E-state index in [0.29, 0.717) is 56.1 Å². The lowest BCUT2D eigenvalue weighted by Crippen LogP contribution is -2.66. The van der Waals surface area contributed by atoms with Crippen LogP contribution in [0.2, 0.25) is 0 Å². The summed E-state index contributed by atoms with van der Waals surface area (Å²) in [4.78, 5) is 62.0. The normalized spacial score (nSPS) is 28.7. The van der Waals surface area contributed by atoms with Crippen molar-refractivity contribution in [3.63, 3.8) is 0 Å². The molecule has 4 amide bonds. The maximum atomic E-state index is 15.1. The van der Waals surface area contributed by atoms with Gasteiger partial charge in [0.15, 0.2) is 0 Å². The minimum Gasteiger partial charge on any atom is -0.496 e. The third kappa shape index (κ3) is 8.23. The molecule has 2 aromatic rings. The largest absolute Gasteiger partial charge is 0.496 e. The first-order chi connectivity index (χ1) is 26.8. The van der Waals surface area contributed by atoms with Crippen LogP contribution in [-0.2, 0) is 24.4 Å². The van der Waals surface area contributed by atoms with E-state index in [1.165, 1.54) is 13.3 Å². The van der Waals surface area contributed by atoms with Gasteiger partial charge in [-0.2, -0.15) is 13.2 Å². The van der Waals surface area contributed by atoms with Gasteiger partial charge in [-0.15, -0.1) is 0 Å². The Bertz CT molecular complexity index is 2040. The first-order valence-corrected chi connectivity index (χ1v) is 20.8. The number of fused-ring (bicyclic) bond motifs is 3. The monoisotopic (exact) mass is 821 g/mol. The minimum absolute atomic E-state index is 0.0618. The average molecular weight is 822 g/mol. The third-order valence-corrected chi connectivity index (χ3v) is 13.8. The first kappa shape index (κ1) is 42.0. The maximum absolute atomic E-state index is 15.1. The molecule has 0 bridgehead atoms. The van der Waals surface area contributed by atoms with Crippen LogP contribution in [0.1, 0.15) is 79.1 Å². The second kappa shape index (κ2) is 15.6. The third-order valence-electron chi connectivity index (χ3n) is 11.9. The van der Waals surface area contributed by atoms with E-state index in [2.05, 4.69) is 15.0 Å². The molecule has 0 spiro atoms. The fourth-order valence-electron chi connectivity index (χ4n) is 8.25. The summed E-state index contributed by atoms with van der Waals surface area (Å²) in [5.74, 6) is -3.84. The average Bonchev–Trinajstić information content (AvgIpc) is 4.07. The number of hydrogen-bond acceptors (Lipinski definition) is 9. The summed E-state index contributed by atoms with van der Waals surface area (Å²) < 4.78 is 84.0. The van der Waals surface area contributed by atoms with Crippen LogP contribution < -0.4 is 19.5 Å². The van der Waals surface area contributed by atoms with Crippen LogP contribution in [0.15, 0.2) is 42.6 Å². The molecule has 0 radical (unpaired) electrons. The molecule has 1 aromatic heterocycles. The van der Waals surface area contributed by atoms with Crippen molar-refractivity contribution in [3.05, 3.63) is 42.6 Å². The molecule has 3 fully saturated rings. The van der Waals surface area contributed by atoms with Crippen molar-refractivity contribution in [2.45, 2.75) is 120 Å². The van der Waals surface area contributed by atoms with Gasteiger partial charge in [0.2, 0.25) is 27.7 Å². The van der Waals surface area contributed by atoms with Crippen molar-refractivity contribution in [1.82, 2.24) is 24.8 Å². The Morgan fingerprint density at radius 2 is 1.84 bits per heavy atom. The molecule has 2 aliphatic carbocycles. The number of benzene rings is 1. The van der Waals surface area contributed by atoms with E-state index >= 15 is 4.79 Å². The van der Waals surface area contributed by atoms with Crippen molar-refractivity contribution < 1.29 is 55.3 Å². The molecule has 57 heavy (non-hydrogen) atoms. The first-order valence-electron chi connectivity index (χ1n) is 19.3. The molecule has 3 heterocycles. The van der Waals surface area contributed by atoms with Gasteiger partial charge in [-0.25, -0.2) is 18.2 Å². The molecule has 3 N–H and O–H groups in total. The summed E-state index contributed by atoms with van der Waals surface area (Å²) in [6.45, 7) is 4.61. The van der Waals surface area contributed by atoms with Crippen molar-refractivity contribution in [2.24, 2.45) is 17.8 Å². The number of nitrogens with zero attached hydrogens (tertiary/aromatic N) is 3. The number of ether oxygens (including phenoxy) is 2. The van der Waals surface area contributed by atoms with E-state index in [1.54, 1.807) is 37.3 Å². The Morgan fingerprint density at radius 3 is 2.47 bits per heavy atom. The van der Waals surface area contributed by atoms with E-state index < -0.39 is 86.4 Å². The van der Waals surface area contributed by atoms with E-state index in [0.717, 1.165) is 4.90 Å². The SMILES string of the molecule is CC[C@@H]1C[C@@H](C)CCC=C[C@@H]2C[C@@]2(C(=O)NS(=O)(=O)C2CC2)NC(=O)[C@@H]2C[C@@H](Oc3nccc4c(OC)cccc34)CN2C(=O)[C@H]1N(C(=O)O)C(C)(C)C(F)(F)F. The number of aromatic nitrogens is 1. The topological polar surface area (TPSA) is 185 Å². The predicted octanol–water partition coefficient (Wildman–Crippen LogP) is 5.17. The summed E-state index contributed by atoms with van der Waals surface area (Å²) >= 11 is 0. The smallest absolute Gasteiger partial charge is 0.411 e.